The number of aromatic nitrogens is 1. The molecule has 0 bridgehead atoms. The van der Waals surface area contributed by atoms with E-state index in [0.717, 1.165) is 36.0 Å². The van der Waals surface area contributed by atoms with Gasteiger partial charge in [-0.15, -0.1) is 0 Å². The van der Waals surface area contributed by atoms with Crippen molar-refractivity contribution in [2.45, 2.75) is 46.6 Å². The highest BCUT2D eigenvalue weighted by molar-refractivity contribution is 6.33. The second kappa shape index (κ2) is 9.19. The number of unbranched alkanes of at least 4 members (excludes halogenated alkanes) is 2. The van der Waals surface area contributed by atoms with E-state index in [1.165, 1.54) is 19.3 Å². The molecule has 1 N–H and O–H groups in total. The molecule has 1 heterocycles. The maximum Gasteiger partial charge on any atom is 0.147 e. The Hall–Kier alpha value is -0.800. The van der Waals surface area contributed by atoms with Gasteiger partial charge in [-0.25, -0.2) is 4.98 Å². The van der Waals surface area contributed by atoms with Crippen molar-refractivity contribution in [1.82, 2.24) is 10.3 Å². The second-order valence-electron chi connectivity index (χ2n) is 5.80. The fourth-order valence-corrected chi connectivity index (χ4v) is 2.39. The number of hydrogen-bond donors (Lipinski definition) is 1. The van der Waals surface area contributed by atoms with E-state index in [-0.39, 0.29) is 0 Å². The van der Waals surface area contributed by atoms with Crippen LogP contribution in [0, 0.1) is 5.92 Å². The lowest BCUT2D eigenvalue weighted by atomic mass is 10.2. The maximum absolute atomic E-state index is 6.35. The van der Waals surface area contributed by atoms with Gasteiger partial charge in [0.05, 0.1) is 5.02 Å². The van der Waals surface area contributed by atoms with Crippen LogP contribution in [0.2, 0.25) is 5.02 Å². The maximum atomic E-state index is 6.35. The van der Waals surface area contributed by atoms with E-state index in [4.69, 9.17) is 11.6 Å². The van der Waals surface area contributed by atoms with Crippen molar-refractivity contribution in [1.29, 1.82) is 0 Å². The predicted octanol–water partition coefficient (Wildman–Crippen LogP) is 4.11. The molecule has 0 saturated carbocycles. The van der Waals surface area contributed by atoms with Crippen molar-refractivity contribution in [2.75, 3.05) is 25.0 Å². The van der Waals surface area contributed by atoms with Crippen molar-refractivity contribution >= 4 is 17.4 Å². The number of pyridine rings is 1. The molecule has 1 rings (SSSR count). The third-order valence-electron chi connectivity index (χ3n) is 3.22. The Morgan fingerprint density at radius 3 is 2.70 bits per heavy atom. The lowest BCUT2D eigenvalue weighted by Gasteiger charge is -2.19. The average Bonchev–Trinajstić information content (AvgIpc) is 2.38. The number of halogens is 1. The van der Waals surface area contributed by atoms with Crippen molar-refractivity contribution in [3.63, 3.8) is 0 Å². The number of hydrogen-bond acceptors (Lipinski definition) is 3. The first-order chi connectivity index (χ1) is 9.54. The largest absolute Gasteiger partial charge is 0.358 e. The molecule has 3 nitrogen and oxygen atoms in total. The molecule has 0 aliphatic heterocycles. The molecule has 0 aliphatic rings. The van der Waals surface area contributed by atoms with Crippen LogP contribution in [-0.4, -0.2) is 25.1 Å². The third kappa shape index (κ3) is 6.10. The highest BCUT2D eigenvalue weighted by Gasteiger charge is 2.08. The van der Waals surface area contributed by atoms with Crippen LogP contribution in [0.25, 0.3) is 0 Å². The molecule has 0 radical (unpaired) electrons. The third-order valence-corrected chi connectivity index (χ3v) is 3.50. The molecule has 1 aromatic heterocycles. The summed E-state index contributed by atoms with van der Waals surface area (Å²) in [5.41, 5.74) is 1.14. The minimum Gasteiger partial charge on any atom is -0.358 e. The molecule has 0 amide bonds. The number of nitrogens with one attached hydrogen (secondary N) is 1. The number of anilines is 1. The first kappa shape index (κ1) is 17.3. The summed E-state index contributed by atoms with van der Waals surface area (Å²) in [7, 11) is 2.06. The van der Waals surface area contributed by atoms with E-state index in [2.05, 4.69) is 43.0 Å². The monoisotopic (exact) mass is 297 g/mol. The van der Waals surface area contributed by atoms with Gasteiger partial charge in [-0.2, -0.15) is 0 Å². The Morgan fingerprint density at radius 2 is 2.10 bits per heavy atom. The fraction of sp³-hybridized carbons (Fsp3) is 0.688. The van der Waals surface area contributed by atoms with Crippen LogP contribution in [0.5, 0.6) is 0 Å². The molecule has 0 atom stereocenters. The zero-order chi connectivity index (χ0) is 15.0. The van der Waals surface area contributed by atoms with E-state index in [1.807, 2.05) is 12.3 Å². The van der Waals surface area contributed by atoms with Gasteiger partial charge >= 0.3 is 0 Å². The molecule has 1 aromatic rings. The van der Waals surface area contributed by atoms with Crippen LogP contribution < -0.4 is 10.2 Å². The van der Waals surface area contributed by atoms with Gasteiger partial charge in [-0.3, -0.25) is 0 Å². The second-order valence-corrected chi connectivity index (χ2v) is 6.21. The van der Waals surface area contributed by atoms with Crippen molar-refractivity contribution < 1.29 is 0 Å². The molecule has 0 aromatic carbocycles. The Balaban J connectivity index is 2.54. The van der Waals surface area contributed by atoms with Gasteiger partial charge in [0.15, 0.2) is 0 Å². The summed E-state index contributed by atoms with van der Waals surface area (Å²) >= 11 is 6.35. The van der Waals surface area contributed by atoms with Crippen LogP contribution in [0.1, 0.15) is 45.6 Å². The summed E-state index contributed by atoms with van der Waals surface area (Å²) in [6.07, 6.45) is 5.59. The lowest BCUT2D eigenvalue weighted by molar-refractivity contribution is 0.552. The Bertz CT molecular complexity index is 393. The fourth-order valence-electron chi connectivity index (χ4n) is 2.06. The predicted molar refractivity (Wildman–Crippen MR) is 88.6 cm³/mol. The minimum absolute atomic E-state index is 0.655. The molecule has 4 heteroatoms. The van der Waals surface area contributed by atoms with E-state index >= 15 is 0 Å². The molecule has 114 valence electrons. The lowest BCUT2D eigenvalue weighted by Crippen LogP contribution is -2.21. The van der Waals surface area contributed by atoms with E-state index < -0.39 is 0 Å². The van der Waals surface area contributed by atoms with Crippen molar-refractivity contribution in [2.24, 2.45) is 5.92 Å². The molecule has 0 saturated heterocycles. The molecule has 0 fully saturated rings. The normalized spacial score (nSPS) is 11.1. The summed E-state index contributed by atoms with van der Waals surface area (Å²) in [6, 6.07) is 2.02. The minimum atomic E-state index is 0.655. The highest BCUT2D eigenvalue weighted by atomic mass is 35.5. The molecule has 20 heavy (non-hydrogen) atoms. The molecule has 0 unspecified atom stereocenters. The van der Waals surface area contributed by atoms with Gasteiger partial charge < -0.3 is 10.2 Å². The zero-order valence-corrected chi connectivity index (χ0v) is 14.0. The van der Waals surface area contributed by atoms with E-state index in [1.54, 1.807) is 0 Å². The Kier molecular flexibility index (Phi) is 7.93. The molecule has 0 spiro atoms. The standard InChI is InChI=1S/C16H28ClN3/c1-5-6-7-8-20(4)16-15(17)9-14(12-19-16)11-18-10-13(2)3/h9,12-13,18H,5-8,10-11H2,1-4H3. The highest BCUT2D eigenvalue weighted by Crippen LogP contribution is 2.23. The zero-order valence-electron chi connectivity index (χ0n) is 13.2. The quantitative estimate of drug-likeness (QED) is 0.695. The van der Waals surface area contributed by atoms with Crippen LogP contribution in [0.4, 0.5) is 5.82 Å². The summed E-state index contributed by atoms with van der Waals surface area (Å²) in [5, 5.41) is 4.15. The first-order valence-corrected chi connectivity index (χ1v) is 7.98. The van der Waals surface area contributed by atoms with Gasteiger partial charge in [0.1, 0.15) is 5.82 Å². The van der Waals surface area contributed by atoms with Crippen LogP contribution in [-0.2, 0) is 6.54 Å². The van der Waals surface area contributed by atoms with Crippen LogP contribution in [0.15, 0.2) is 12.3 Å². The van der Waals surface area contributed by atoms with Gasteiger partial charge in [-0.05, 0) is 30.5 Å². The summed E-state index contributed by atoms with van der Waals surface area (Å²) in [6.45, 7) is 9.45. The molecular weight excluding hydrogens is 270 g/mol. The Labute approximate surface area is 128 Å². The van der Waals surface area contributed by atoms with Crippen molar-refractivity contribution in [3.8, 4) is 0 Å². The molecule has 0 aliphatic carbocycles. The topological polar surface area (TPSA) is 28.2 Å². The van der Waals surface area contributed by atoms with E-state index in [0.29, 0.717) is 5.92 Å². The SMILES string of the molecule is CCCCCN(C)c1ncc(CNCC(C)C)cc1Cl. The molecular formula is C16H28ClN3. The van der Waals surface area contributed by atoms with E-state index in [9.17, 15) is 0 Å². The summed E-state index contributed by atoms with van der Waals surface area (Å²) in [5.74, 6) is 1.54. The summed E-state index contributed by atoms with van der Waals surface area (Å²) in [4.78, 5) is 6.65. The smallest absolute Gasteiger partial charge is 0.147 e. The van der Waals surface area contributed by atoms with Gasteiger partial charge in [0, 0.05) is 26.3 Å². The first-order valence-electron chi connectivity index (χ1n) is 7.60. The van der Waals surface area contributed by atoms with Crippen LogP contribution >= 0.6 is 11.6 Å². The van der Waals surface area contributed by atoms with Gasteiger partial charge in [0.2, 0.25) is 0 Å². The number of nitrogens with zero attached hydrogens (tertiary/aromatic N) is 2. The van der Waals surface area contributed by atoms with Crippen molar-refractivity contribution in [3.05, 3.63) is 22.8 Å². The van der Waals surface area contributed by atoms with Gasteiger partial charge in [-0.1, -0.05) is 45.2 Å². The summed E-state index contributed by atoms with van der Waals surface area (Å²) < 4.78 is 0. The average molecular weight is 298 g/mol. The van der Waals surface area contributed by atoms with Crippen LogP contribution in [0.3, 0.4) is 0 Å². The Morgan fingerprint density at radius 1 is 1.35 bits per heavy atom. The number of rotatable bonds is 9. The van der Waals surface area contributed by atoms with Gasteiger partial charge in [0.25, 0.3) is 0 Å².